The zero-order chi connectivity index (χ0) is 21.8. The van der Waals surface area contributed by atoms with Gasteiger partial charge in [0.05, 0.1) is 0 Å². The van der Waals surface area contributed by atoms with Gasteiger partial charge in [-0.3, -0.25) is 9.69 Å². The van der Waals surface area contributed by atoms with Gasteiger partial charge in [-0.15, -0.1) is 0 Å². The van der Waals surface area contributed by atoms with Crippen molar-refractivity contribution in [1.29, 1.82) is 0 Å². The second-order valence-corrected chi connectivity index (χ2v) is 9.29. The Labute approximate surface area is 183 Å². The Hall–Kier alpha value is -2.57. The van der Waals surface area contributed by atoms with E-state index in [1.54, 1.807) is 0 Å². The van der Waals surface area contributed by atoms with Gasteiger partial charge in [0.15, 0.2) is 0 Å². The molecule has 6 heteroatoms. The van der Waals surface area contributed by atoms with E-state index in [9.17, 15) is 4.79 Å². The summed E-state index contributed by atoms with van der Waals surface area (Å²) in [6.07, 6.45) is 10.8. The predicted molar refractivity (Wildman–Crippen MR) is 120 cm³/mol. The Morgan fingerprint density at radius 1 is 1.26 bits per heavy atom. The summed E-state index contributed by atoms with van der Waals surface area (Å²) >= 11 is 0. The van der Waals surface area contributed by atoms with Gasteiger partial charge in [-0.25, -0.2) is 0 Å². The first-order valence-corrected chi connectivity index (χ1v) is 11.0. The lowest BCUT2D eigenvalue weighted by atomic mass is 9.67. The molecule has 0 N–H and O–H groups in total. The molecule has 2 aliphatic heterocycles. The van der Waals surface area contributed by atoms with Gasteiger partial charge in [0.1, 0.15) is 11.7 Å². The lowest BCUT2D eigenvalue weighted by molar-refractivity contribution is -0.152. The predicted octanol–water partition coefficient (Wildman–Crippen LogP) is 3.17. The van der Waals surface area contributed by atoms with Crippen LogP contribution in [0.15, 0.2) is 48.4 Å². The van der Waals surface area contributed by atoms with Crippen molar-refractivity contribution in [3.05, 3.63) is 59.6 Å². The highest BCUT2D eigenvalue weighted by Crippen LogP contribution is 2.51. The molecule has 2 unspecified atom stereocenters. The minimum Gasteiger partial charge on any atom is -0.460 e. The van der Waals surface area contributed by atoms with E-state index in [0.717, 1.165) is 31.4 Å². The molecule has 6 nitrogen and oxygen atoms in total. The number of carbonyl (C=O) groups is 1. The number of piperidine rings is 1. The van der Waals surface area contributed by atoms with Crippen LogP contribution in [0.5, 0.6) is 0 Å². The van der Waals surface area contributed by atoms with Crippen molar-refractivity contribution >= 4 is 17.4 Å². The summed E-state index contributed by atoms with van der Waals surface area (Å²) in [6, 6.07) is 6.79. The van der Waals surface area contributed by atoms with Gasteiger partial charge in [-0.1, -0.05) is 18.2 Å². The lowest BCUT2D eigenvalue weighted by Crippen LogP contribution is -2.61. The largest absolute Gasteiger partial charge is 0.460 e. The molecule has 0 spiro atoms. The summed E-state index contributed by atoms with van der Waals surface area (Å²) in [5, 5.41) is 1.32. The number of likely N-dealkylation sites (tertiary alicyclic amines) is 1. The molecule has 31 heavy (non-hydrogen) atoms. The fourth-order valence-electron chi connectivity index (χ4n) is 6.30. The second kappa shape index (κ2) is 7.53. The molecule has 0 radical (unpaired) electrons. The van der Waals surface area contributed by atoms with Crippen LogP contribution < -0.4 is 0 Å². The highest BCUT2D eigenvalue weighted by molar-refractivity contribution is 5.89. The topological polar surface area (TPSA) is 46.9 Å². The van der Waals surface area contributed by atoms with Crippen molar-refractivity contribution in [2.75, 3.05) is 27.7 Å². The van der Waals surface area contributed by atoms with E-state index >= 15 is 0 Å². The third-order valence-electron chi connectivity index (χ3n) is 7.54. The smallest absolute Gasteiger partial charge is 0.293 e. The quantitative estimate of drug-likeness (QED) is 0.694. The fourth-order valence-corrected chi connectivity index (χ4v) is 6.30. The van der Waals surface area contributed by atoms with Crippen molar-refractivity contribution in [2.45, 2.75) is 37.0 Å². The molecule has 3 heterocycles. The second-order valence-electron chi connectivity index (χ2n) is 9.29. The number of fused-ring (bicyclic) bond motifs is 2. The summed E-state index contributed by atoms with van der Waals surface area (Å²) in [5.41, 5.74) is 4.59. The number of carbonyl (C=O) groups excluding carboxylic acids is 1. The molecular formula is C25H31N3O3. The third-order valence-corrected chi connectivity index (χ3v) is 7.54. The summed E-state index contributed by atoms with van der Waals surface area (Å²) in [5.74, 6) is 0.137. The first kappa shape index (κ1) is 20.3. The molecular weight excluding hydrogens is 390 g/mol. The van der Waals surface area contributed by atoms with Crippen LogP contribution in [0.1, 0.15) is 24.0 Å². The van der Waals surface area contributed by atoms with Gasteiger partial charge in [0, 0.05) is 63.0 Å². The number of ether oxygens (including phenoxy) is 2. The molecule has 0 saturated carbocycles. The number of aromatic nitrogens is 1. The minimum absolute atomic E-state index is 0.137. The number of hydrogen-bond donors (Lipinski definition) is 0. The molecule has 0 amide bonds. The first-order chi connectivity index (χ1) is 15.0. The van der Waals surface area contributed by atoms with E-state index in [-0.39, 0.29) is 18.1 Å². The summed E-state index contributed by atoms with van der Waals surface area (Å²) in [4.78, 5) is 15.9. The molecule has 3 aliphatic rings. The average Bonchev–Trinajstić information content (AvgIpc) is 3.09. The van der Waals surface area contributed by atoms with Crippen LogP contribution in [0.2, 0.25) is 0 Å². The van der Waals surface area contributed by atoms with E-state index in [4.69, 9.17) is 9.47 Å². The summed E-state index contributed by atoms with van der Waals surface area (Å²) in [7, 11) is 8.13. The fraction of sp³-hybridized carbons (Fsp3) is 0.480. The Balaban J connectivity index is 1.60. The van der Waals surface area contributed by atoms with Crippen molar-refractivity contribution < 1.29 is 14.3 Å². The van der Waals surface area contributed by atoms with Gasteiger partial charge in [0.25, 0.3) is 6.47 Å². The zero-order valence-corrected chi connectivity index (χ0v) is 18.7. The van der Waals surface area contributed by atoms with Gasteiger partial charge in [-0.05, 0) is 55.3 Å². The Morgan fingerprint density at radius 3 is 2.84 bits per heavy atom. The molecule has 5 rings (SSSR count). The van der Waals surface area contributed by atoms with Crippen LogP contribution in [0.25, 0.3) is 10.9 Å². The molecule has 164 valence electrons. The molecule has 1 aliphatic carbocycles. The number of likely N-dealkylation sites (N-methyl/N-ethyl adjacent to an activating group) is 1. The SMILES string of the molecule is CO[C@]12CC(C(OC=O)C3=CN(C)C=CC3)CN(C)[C@@H]1Cc1cn(C)c3cccc2c13. The maximum absolute atomic E-state index is 11.5. The zero-order valence-electron chi connectivity index (χ0n) is 18.7. The van der Waals surface area contributed by atoms with Crippen LogP contribution >= 0.6 is 0 Å². The molecule has 1 fully saturated rings. The molecule has 2 aromatic rings. The maximum atomic E-state index is 11.5. The number of allylic oxidation sites excluding steroid dienone is 1. The Morgan fingerprint density at radius 2 is 2.10 bits per heavy atom. The maximum Gasteiger partial charge on any atom is 0.293 e. The van der Waals surface area contributed by atoms with Crippen LogP contribution in [-0.4, -0.2) is 60.7 Å². The monoisotopic (exact) mass is 421 g/mol. The first-order valence-electron chi connectivity index (χ1n) is 11.0. The number of methoxy groups -OCH3 is 1. The number of hydrogen-bond acceptors (Lipinski definition) is 5. The van der Waals surface area contributed by atoms with Crippen molar-refractivity contribution in [3.8, 4) is 0 Å². The van der Waals surface area contributed by atoms with Crippen molar-refractivity contribution in [1.82, 2.24) is 14.4 Å². The number of benzene rings is 1. The molecule has 4 atom stereocenters. The van der Waals surface area contributed by atoms with E-state index in [1.165, 1.54) is 22.0 Å². The number of rotatable bonds is 5. The van der Waals surface area contributed by atoms with Crippen molar-refractivity contribution in [3.63, 3.8) is 0 Å². The van der Waals surface area contributed by atoms with Crippen LogP contribution in [0.3, 0.4) is 0 Å². The molecule has 1 saturated heterocycles. The van der Waals surface area contributed by atoms with E-state index < -0.39 is 5.60 Å². The highest BCUT2D eigenvalue weighted by atomic mass is 16.5. The lowest BCUT2D eigenvalue weighted by Gasteiger charge is -2.54. The molecule has 1 aromatic heterocycles. The summed E-state index contributed by atoms with van der Waals surface area (Å²) < 4.78 is 14.4. The average molecular weight is 422 g/mol. The highest BCUT2D eigenvalue weighted by Gasteiger charge is 2.53. The normalized spacial score (nSPS) is 28.9. The van der Waals surface area contributed by atoms with E-state index in [2.05, 4.69) is 60.2 Å². The van der Waals surface area contributed by atoms with Crippen LogP contribution in [0, 0.1) is 5.92 Å². The standard InChI is InChI=1S/C25H31N3O3/c1-26-10-6-7-17(13-26)24(31-16-29)19-12-25(30-4)20-8-5-9-21-23(20)18(14-27(21)2)11-22(25)28(3)15-19/h5-6,8-10,13-14,16,19,22,24H,7,11-12,15H2,1-4H3/t19?,22-,24?,25+/m1/s1. The minimum atomic E-state index is -0.438. The third kappa shape index (κ3) is 3.04. The Bertz CT molecular complexity index is 1070. The number of nitrogens with zero attached hydrogens (tertiary/aromatic N) is 3. The van der Waals surface area contributed by atoms with Gasteiger partial charge in [-0.2, -0.15) is 0 Å². The van der Waals surface area contributed by atoms with Gasteiger partial charge < -0.3 is 18.9 Å². The van der Waals surface area contributed by atoms with Crippen LogP contribution in [-0.2, 0) is 33.3 Å². The molecule has 1 aromatic carbocycles. The van der Waals surface area contributed by atoms with E-state index in [1.807, 2.05) is 25.3 Å². The number of aryl methyl sites for hydroxylation is 1. The van der Waals surface area contributed by atoms with Gasteiger partial charge in [0.2, 0.25) is 0 Å². The van der Waals surface area contributed by atoms with Crippen molar-refractivity contribution in [2.24, 2.45) is 13.0 Å². The molecule has 0 bridgehead atoms. The van der Waals surface area contributed by atoms with Gasteiger partial charge >= 0.3 is 0 Å². The summed E-state index contributed by atoms with van der Waals surface area (Å²) in [6.45, 7) is 1.46. The Kier molecular flexibility index (Phi) is 4.94. The van der Waals surface area contributed by atoms with Crippen LogP contribution in [0.4, 0.5) is 0 Å². The van der Waals surface area contributed by atoms with E-state index in [0.29, 0.717) is 6.47 Å².